The molecule has 134 valence electrons. The molecule has 0 atom stereocenters. The summed E-state index contributed by atoms with van der Waals surface area (Å²) in [6.07, 6.45) is -0.0600. The first kappa shape index (κ1) is 17.4. The molecule has 0 radical (unpaired) electrons. The highest BCUT2D eigenvalue weighted by Crippen LogP contribution is 2.34. The lowest BCUT2D eigenvalue weighted by Gasteiger charge is -2.08. The van der Waals surface area contributed by atoms with Crippen molar-refractivity contribution in [2.75, 3.05) is 0 Å². The molecular weight excluding hydrogens is 406 g/mol. The third-order valence-electron chi connectivity index (χ3n) is 4.30. The molecule has 0 fully saturated rings. The van der Waals surface area contributed by atoms with Gasteiger partial charge in [-0.05, 0) is 48.0 Å². The van der Waals surface area contributed by atoms with E-state index in [-0.39, 0.29) is 6.42 Å². The van der Waals surface area contributed by atoms with Crippen LogP contribution in [0.3, 0.4) is 0 Å². The van der Waals surface area contributed by atoms with Gasteiger partial charge in [0.25, 0.3) is 0 Å². The summed E-state index contributed by atoms with van der Waals surface area (Å²) >= 11 is 3.47. The number of nitrogens with one attached hydrogen (secondary N) is 1. The van der Waals surface area contributed by atoms with Crippen LogP contribution in [0.4, 0.5) is 0 Å². The van der Waals surface area contributed by atoms with Crippen molar-refractivity contribution in [1.29, 1.82) is 0 Å². The van der Waals surface area contributed by atoms with Crippen molar-refractivity contribution < 1.29 is 14.6 Å². The molecule has 5 heteroatoms. The second-order valence-electron chi connectivity index (χ2n) is 6.18. The number of para-hydroxylation sites is 1. The quantitative estimate of drug-likeness (QED) is 0.414. The second-order valence-corrected chi connectivity index (χ2v) is 7.10. The average molecular weight is 422 g/mol. The van der Waals surface area contributed by atoms with Gasteiger partial charge in [0.05, 0.1) is 12.1 Å². The topological polar surface area (TPSA) is 62.3 Å². The average Bonchev–Trinajstić information content (AvgIpc) is 3.00. The molecule has 0 bridgehead atoms. The normalized spacial score (nSPS) is 10.9. The molecule has 27 heavy (non-hydrogen) atoms. The van der Waals surface area contributed by atoms with Gasteiger partial charge in [-0.2, -0.15) is 0 Å². The molecular formula is C22H16BrNO3. The van der Waals surface area contributed by atoms with Gasteiger partial charge in [-0.15, -0.1) is 0 Å². The maximum atomic E-state index is 11.4. The van der Waals surface area contributed by atoms with Crippen LogP contribution in [0.5, 0.6) is 11.5 Å². The molecule has 0 spiro atoms. The number of rotatable bonds is 5. The molecule has 4 aromatic rings. The van der Waals surface area contributed by atoms with Gasteiger partial charge in [-0.3, -0.25) is 4.79 Å². The second kappa shape index (κ2) is 7.29. The van der Waals surface area contributed by atoms with Crippen molar-refractivity contribution in [1.82, 2.24) is 4.98 Å². The van der Waals surface area contributed by atoms with E-state index in [9.17, 15) is 9.90 Å². The number of benzene rings is 3. The molecule has 0 aliphatic heterocycles. The highest BCUT2D eigenvalue weighted by atomic mass is 79.9. The van der Waals surface area contributed by atoms with Gasteiger partial charge in [0, 0.05) is 20.9 Å². The van der Waals surface area contributed by atoms with Crippen molar-refractivity contribution >= 4 is 32.8 Å². The van der Waals surface area contributed by atoms with E-state index in [1.54, 1.807) is 0 Å². The Hall–Kier alpha value is -3.05. The molecule has 1 heterocycles. The minimum absolute atomic E-state index is 0.0600. The molecule has 4 nitrogen and oxygen atoms in total. The molecule has 0 amide bonds. The number of fused-ring (bicyclic) bond motifs is 1. The van der Waals surface area contributed by atoms with Crippen LogP contribution in [0.15, 0.2) is 77.3 Å². The highest BCUT2D eigenvalue weighted by molar-refractivity contribution is 9.10. The van der Waals surface area contributed by atoms with Crippen LogP contribution in [0, 0.1) is 0 Å². The van der Waals surface area contributed by atoms with Crippen molar-refractivity contribution in [2.45, 2.75) is 6.42 Å². The van der Waals surface area contributed by atoms with E-state index in [2.05, 4.69) is 20.9 Å². The maximum Gasteiger partial charge on any atom is 0.307 e. The maximum absolute atomic E-state index is 11.4. The molecule has 4 rings (SSSR count). The predicted octanol–water partition coefficient (Wildman–Crippen LogP) is 6.02. The summed E-state index contributed by atoms with van der Waals surface area (Å²) in [6, 6.07) is 23.0. The van der Waals surface area contributed by atoms with Gasteiger partial charge in [0.15, 0.2) is 0 Å². The standard InChI is InChI=1S/C22H16BrNO3/c23-15-9-10-20-18(12-15)19(13-21(25)26)22(24-20)14-5-4-8-17(11-14)27-16-6-2-1-3-7-16/h1-12,24H,13H2,(H,25,26). The van der Waals surface area contributed by atoms with E-state index < -0.39 is 5.97 Å². The van der Waals surface area contributed by atoms with E-state index in [4.69, 9.17) is 4.74 Å². The lowest BCUT2D eigenvalue weighted by atomic mass is 10.0. The Morgan fingerprint density at radius 3 is 2.52 bits per heavy atom. The summed E-state index contributed by atoms with van der Waals surface area (Å²) in [5.41, 5.74) is 3.34. The van der Waals surface area contributed by atoms with Crippen LogP contribution in [-0.4, -0.2) is 16.1 Å². The Morgan fingerprint density at radius 2 is 1.74 bits per heavy atom. The Morgan fingerprint density at radius 1 is 0.963 bits per heavy atom. The molecule has 0 aliphatic carbocycles. The number of carboxylic acids is 1. The third-order valence-corrected chi connectivity index (χ3v) is 4.79. The number of carboxylic acid groups (broad SMARTS) is 1. The summed E-state index contributed by atoms with van der Waals surface area (Å²) in [4.78, 5) is 14.8. The molecule has 2 N–H and O–H groups in total. The smallest absolute Gasteiger partial charge is 0.307 e. The van der Waals surface area contributed by atoms with Crippen LogP contribution >= 0.6 is 15.9 Å². The number of carbonyl (C=O) groups is 1. The molecule has 0 aliphatic rings. The van der Waals surface area contributed by atoms with Gasteiger partial charge in [0.2, 0.25) is 0 Å². The van der Waals surface area contributed by atoms with Gasteiger partial charge in [-0.25, -0.2) is 0 Å². The van der Waals surface area contributed by atoms with E-state index in [1.807, 2.05) is 72.8 Å². The fourth-order valence-electron chi connectivity index (χ4n) is 3.14. The van der Waals surface area contributed by atoms with Gasteiger partial charge in [-0.1, -0.05) is 46.3 Å². The van der Waals surface area contributed by atoms with E-state index in [0.717, 1.165) is 37.9 Å². The lowest BCUT2D eigenvalue weighted by Crippen LogP contribution is -2.01. The fraction of sp³-hybridized carbons (Fsp3) is 0.0455. The Kier molecular flexibility index (Phi) is 4.69. The zero-order chi connectivity index (χ0) is 18.8. The van der Waals surface area contributed by atoms with Crippen molar-refractivity contribution in [3.8, 4) is 22.8 Å². The Bertz CT molecular complexity index is 1120. The zero-order valence-corrected chi connectivity index (χ0v) is 15.9. The summed E-state index contributed by atoms with van der Waals surface area (Å²) in [6.45, 7) is 0. The van der Waals surface area contributed by atoms with Crippen LogP contribution in [-0.2, 0) is 11.2 Å². The van der Waals surface area contributed by atoms with E-state index >= 15 is 0 Å². The number of hydrogen-bond acceptors (Lipinski definition) is 2. The summed E-state index contributed by atoms with van der Waals surface area (Å²) in [5.74, 6) is 0.578. The minimum Gasteiger partial charge on any atom is -0.481 e. The first-order valence-electron chi connectivity index (χ1n) is 8.45. The monoisotopic (exact) mass is 421 g/mol. The van der Waals surface area contributed by atoms with Crippen molar-refractivity contribution in [2.24, 2.45) is 0 Å². The number of hydrogen-bond donors (Lipinski definition) is 2. The van der Waals surface area contributed by atoms with Crippen molar-refractivity contribution in [3.63, 3.8) is 0 Å². The molecule has 0 unspecified atom stereocenters. The molecule has 0 saturated carbocycles. The SMILES string of the molecule is O=C(O)Cc1c(-c2cccc(Oc3ccccc3)c2)[nH]c2ccc(Br)cc12. The highest BCUT2D eigenvalue weighted by Gasteiger charge is 2.16. The number of aromatic nitrogens is 1. The molecule has 3 aromatic carbocycles. The Balaban J connectivity index is 1.79. The van der Waals surface area contributed by atoms with Crippen LogP contribution in [0.2, 0.25) is 0 Å². The fourth-order valence-corrected chi connectivity index (χ4v) is 3.50. The molecule has 0 saturated heterocycles. The zero-order valence-electron chi connectivity index (χ0n) is 14.3. The first-order valence-corrected chi connectivity index (χ1v) is 9.25. The largest absolute Gasteiger partial charge is 0.481 e. The number of aromatic amines is 1. The minimum atomic E-state index is -0.867. The van der Waals surface area contributed by atoms with Crippen LogP contribution in [0.1, 0.15) is 5.56 Å². The number of ether oxygens (including phenoxy) is 1. The van der Waals surface area contributed by atoms with Gasteiger partial charge >= 0.3 is 5.97 Å². The van der Waals surface area contributed by atoms with Gasteiger partial charge in [0.1, 0.15) is 11.5 Å². The third kappa shape index (κ3) is 3.73. The lowest BCUT2D eigenvalue weighted by molar-refractivity contribution is -0.136. The summed E-state index contributed by atoms with van der Waals surface area (Å²) in [7, 11) is 0. The summed E-state index contributed by atoms with van der Waals surface area (Å²) in [5, 5.41) is 10.3. The number of halogens is 1. The van der Waals surface area contributed by atoms with Crippen LogP contribution in [0.25, 0.3) is 22.2 Å². The molecule has 1 aromatic heterocycles. The number of aliphatic carboxylic acids is 1. The predicted molar refractivity (Wildman–Crippen MR) is 109 cm³/mol. The van der Waals surface area contributed by atoms with Gasteiger partial charge < -0.3 is 14.8 Å². The Labute approximate surface area is 164 Å². The first-order chi connectivity index (χ1) is 13.1. The summed E-state index contributed by atoms with van der Waals surface area (Å²) < 4.78 is 6.83. The van der Waals surface area contributed by atoms with Crippen LogP contribution < -0.4 is 4.74 Å². The van der Waals surface area contributed by atoms with E-state index in [0.29, 0.717) is 5.75 Å². The van der Waals surface area contributed by atoms with Crippen molar-refractivity contribution in [3.05, 3.63) is 82.8 Å². The van der Waals surface area contributed by atoms with E-state index in [1.165, 1.54) is 0 Å². The number of H-pyrrole nitrogens is 1.